The SMILES string of the molecule is O=C(CNC(=O)c1cccc(N2CCCC2=O)c1)OCc1ccccc1. The molecule has 0 aromatic heterocycles. The Labute approximate surface area is 151 Å². The monoisotopic (exact) mass is 352 g/mol. The van der Waals surface area contributed by atoms with Gasteiger partial charge in [-0.25, -0.2) is 0 Å². The van der Waals surface area contributed by atoms with Crippen molar-refractivity contribution in [3.63, 3.8) is 0 Å². The molecular weight excluding hydrogens is 332 g/mol. The molecule has 0 bridgehead atoms. The molecule has 6 heteroatoms. The molecule has 1 fully saturated rings. The molecule has 0 unspecified atom stereocenters. The van der Waals surface area contributed by atoms with E-state index in [2.05, 4.69) is 5.32 Å². The molecule has 1 aliphatic rings. The van der Waals surface area contributed by atoms with Gasteiger partial charge in [0.15, 0.2) is 0 Å². The molecule has 2 amide bonds. The van der Waals surface area contributed by atoms with Crippen molar-refractivity contribution in [1.29, 1.82) is 0 Å². The van der Waals surface area contributed by atoms with Crippen molar-refractivity contribution in [1.82, 2.24) is 5.32 Å². The van der Waals surface area contributed by atoms with Gasteiger partial charge in [0.2, 0.25) is 5.91 Å². The van der Waals surface area contributed by atoms with Crippen LogP contribution in [0.2, 0.25) is 0 Å². The number of benzene rings is 2. The van der Waals surface area contributed by atoms with Crippen LogP contribution < -0.4 is 10.2 Å². The van der Waals surface area contributed by atoms with Crippen LogP contribution in [0.15, 0.2) is 54.6 Å². The van der Waals surface area contributed by atoms with Crippen molar-refractivity contribution in [2.75, 3.05) is 18.0 Å². The molecule has 1 saturated heterocycles. The first-order valence-corrected chi connectivity index (χ1v) is 8.51. The third-order valence-corrected chi connectivity index (χ3v) is 4.13. The lowest BCUT2D eigenvalue weighted by molar-refractivity contribution is -0.143. The van der Waals surface area contributed by atoms with Crippen molar-refractivity contribution in [2.45, 2.75) is 19.4 Å². The summed E-state index contributed by atoms with van der Waals surface area (Å²) in [5.74, 6) is -0.824. The van der Waals surface area contributed by atoms with Gasteiger partial charge in [0.25, 0.3) is 5.91 Å². The van der Waals surface area contributed by atoms with E-state index in [0.717, 1.165) is 12.0 Å². The summed E-state index contributed by atoms with van der Waals surface area (Å²) in [6, 6.07) is 16.2. The van der Waals surface area contributed by atoms with E-state index in [9.17, 15) is 14.4 Å². The lowest BCUT2D eigenvalue weighted by Gasteiger charge is -2.16. The zero-order valence-corrected chi connectivity index (χ0v) is 14.3. The molecule has 3 rings (SSSR count). The van der Waals surface area contributed by atoms with Gasteiger partial charge >= 0.3 is 5.97 Å². The topological polar surface area (TPSA) is 75.7 Å². The second kappa shape index (κ2) is 8.29. The summed E-state index contributed by atoms with van der Waals surface area (Å²) in [5, 5.41) is 2.55. The van der Waals surface area contributed by atoms with Gasteiger partial charge in [-0.15, -0.1) is 0 Å². The average molecular weight is 352 g/mol. The molecule has 0 radical (unpaired) electrons. The normalized spacial score (nSPS) is 13.5. The number of amides is 2. The molecule has 1 heterocycles. The number of hydrogen-bond acceptors (Lipinski definition) is 4. The number of nitrogens with zero attached hydrogens (tertiary/aromatic N) is 1. The number of carbonyl (C=O) groups is 3. The van der Waals surface area contributed by atoms with Crippen molar-refractivity contribution in [3.8, 4) is 0 Å². The first kappa shape index (κ1) is 17.7. The summed E-state index contributed by atoms with van der Waals surface area (Å²) in [6.07, 6.45) is 1.35. The predicted octanol–water partition coefficient (Wildman–Crippen LogP) is 2.29. The van der Waals surface area contributed by atoms with E-state index in [0.29, 0.717) is 24.2 Å². The van der Waals surface area contributed by atoms with E-state index < -0.39 is 5.97 Å². The predicted molar refractivity (Wildman–Crippen MR) is 96.6 cm³/mol. The van der Waals surface area contributed by atoms with E-state index in [1.54, 1.807) is 29.2 Å². The minimum Gasteiger partial charge on any atom is -0.460 e. The lowest BCUT2D eigenvalue weighted by Crippen LogP contribution is -2.31. The molecule has 134 valence electrons. The number of anilines is 1. The van der Waals surface area contributed by atoms with Gasteiger partial charge in [-0.2, -0.15) is 0 Å². The van der Waals surface area contributed by atoms with E-state index in [4.69, 9.17) is 4.74 Å². The summed E-state index contributed by atoms with van der Waals surface area (Å²) >= 11 is 0. The third-order valence-electron chi connectivity index (χ3n) is 4.13. The van der Waals surface area contributed by atoms with Gasteiger partial charge in [0, 0.05) is 24.2 Å². The van der Waals surface area contributed by atoms with Crippen LogP contribution >= 0.6 is 0 Å². The van der Waals surface area contributed by atoms with E-state index in [1.807, 2.05) is 30.3 Å². The van der Waals surface area contributed by atoms with Crippen molar-refractivity contribution in [3.05, 3.63) is 65.7 Å². The Morgan fingerprint density at radius 3 is 2.62 bits per heavy atom. The quantitative estimate of drug-likeness (QED) is 0.810. The minimum absolute atomic E-state index is 0.0621. The fourth-order valence-corrected chi connectivity index (χ4v) is 2.78. The molecule has 2 aromatic rings. The molecule has 1 aliphatic heterocycles. The molecule has 6 nitrogen and oxygen atoms in total. The second-order valence-electron chi connectivity index (χ2n) is 6.03. The van der Waals surface area contributed by atoms with Gasteiger partial charge in [0.1, 0.15) is 13.2 Å². The highest BCUT2D eigenvalue weighted by atomic mass is 16.5. The van der Waals surface area contributed by atoms with Gasteiger partial charge < -0.3 is 15.0 Å². The number of carbonyl (C=O) groups excluding carboxylic acids is 3. The second-order valence-corrected chi connectivity index (χ2v) is 6.03. The minimum atomic E-state index is -0.506. The first-order chi connectivity index (χ1) is 12.6. The Hall–Kier alpha value is -3.15. The summed E-state index contributed by atoms with van der Waals surface area (Å²) in [7, 11) is 0. The van der Waals surface area contributed by atoms with Crippen LogP contribution in [0.4, 0.5) is 5.69 Å². The van der Waals surface area contributed by atoms with Crippen LogP contribution in [0.3, 0.4) is 0 Å². The Balaban J connectivity index is 1.51. The van der Waals surface area contributed by atoms with E-state index >= 15 is 0 Å². The van der Waals surface area contributed by atoms with E-state index in [1.165, 1.54) is 0 Å². The highest BCUT2D eigenvalue weighted by molar-refractivity contribution is 5.99. The highest BCUT2D eigenvalue weighted by Crippen LogP contribution is 2.22. The Morgan fingerprint density at radius 1 is 1.08 bits per heavy atom. The van der Waals surface area contributed by atoms with Crippen molar-refractivity contribution in [2.24, 2.45) is 0 Å². The number of nitrogens with one attached hydrogen (secondary N) is 1. The Morgan fingerprint density at radius 2 is 1.88 bits per heavy atom. The van der Waals surface area contributed by atoms with Crippen LogP contribution in [0.25, 0.3) is 0 Å². The number of ether oxygens (including phenoxy) is 1. The average Bonchev–Trinajstić information content (AvgIpc) is 3.11. The molecule has 26 heavy (non-hydrogen) atoms. The maximum atomic E-state index is 12.2. The van der Waals surface area contributed by atoms with Crippen LogP contribution in [-0.4, -0.2) is 30.9 Å². The molecule has 0 atom stereocenters. The molecule has 1 N–H and O–H groups in total. The summed E-state index contributed by atoms with van der Waals surface area (Å²) in [6.45, 7) is 0.621. The van der Waals surface area contributed by atoms with Crippen LogP contribution in [0.1, 0.15) is 28.8 Å². The molecule has 2 aromatic carbocycles. The third kappa shape index (κ3) is 4.47. The van der Waals surface area contributed by atoms with Crippen LogP contribution in [0.5, 0.6) is 0 Å². The van der Waals surface area contributed by atoms with Gasteiger partial charge in [0.05, 0.1) is 0 Å². The highest BCUT2D eigenvalue weighted by Gasteiger charge is 2.22. The maximum absolute atomic E-state index is 12.2. The zero-order valence-electron chi connectivity index (χ0n) is 14.3. The van der Waals surface area contributed by atoms with Gasteiger partial charge in [-0.3, -0.25) is 14.4 Å². The van der Waals surface area contributed by atoms with Crippen molar-refractivity contribution >= 4 is 23.5 Å². The zero-order chi connectivity index (χ0) is 18.4. The van der Waals surface area contributed by atoms with E-state index in [-0.39, 0.29) is 25.0 Å². The van der Waals surface area contributed by atoms with Crippen LogP contribution in [0, 0.1) is 0 Å². The number of hydrogen-bond donors (Lipinski definition) is 1. The maximum Gasteiger partial charge on any atom is 0.325 e. The summed E-state index contributed by atoms with van der Waals surface area (Å²) in [4.78, 5) is 37.5. The Bertz CT molecular complexity index is 804. The van der Waals surface area contributed by atoms with Gasteiger partial charge in [-0.05, 0) is 30.2 Å². The fourth-order valence-electron chi connectivity index (χ4n) is 2.78. The first-order valence-electron chi connectivity index (χ1n) is 8.51. The standard InChI is InChI=1S/C20H20N2O4/c23-18-10-5-11-22(18)17-9-4-8-16(12-17)20(25)21-13-19(24)26-14-15-6-2-1-3-7-15/h1-4,6-9,12H,5,10-11,13-14H2,(H,21,25). The summed E-state index contributed by atoms with van der Waals surface area (Å²) < 4.78 is 5.13. The smallest absolute Gasteiger partial charge is 0.325 e. The fraction of sp³-hybridized carbons (Fsp3) is 0.250. The molecule has 0 aliphatic carbocycles. The molecule has 0 spiro atoms. The summed E-state index contributed by atoms with van der Waals surface area (Å²) in [5.41, 5.74) is 1.99. The van der Waals surface area contributed by atoms with Crippen LogP contribution in [-0.2, 0) is 20.9 Å². The molecular formula is C20H20N2O4. The largest absolute Gasteiger partial charge is 0.460 e. The number of rotatable bonds is 6. The number of esters is 1. The lowest BCUT2D eigenvalue weighted by atomic mass is 10.1. The molecule has 0 saturated carbocycles. The Kier molecular flexibility index (Phi) is 5.63. The van der Waals surface area contributed by atoms with Crippen molar-refractivity contribution < 1.29 is 19.1 Å². The van der Waals surface area contributed by atoms with Gasteiger partial charge in [-0.1, -0.05) is 36.4 Å².